The van der Waals surface area contributed by atoms with Gasteiger partial charge in [-0.3, -0.25) is 9.69 Å². The van der Waals surface area contributed by atoms with Crippen LogP contribution in [0.2, 0.25) is 0 Å². The van der Waals surface area contributed by atoms with Gasteiger partial charge < -0.3 is 10.1 Å². The maximum absolute atomic E-state index is 13.2. The lowest BCUT2D eigenvalue weighted by molar-refractivity contribution is -0.126. The number of ether oxygens (including phenoxy) is 1. The molecule has 1 N–H and O–H groups in total. The molecule has 2 heterocycles. The lowest BCUT2D eigenvalue weighted by atomic mass is 9.97. The first kappa shape index (κ1) is 25.7. The molecule has 0 aromatic heterocycles. The van der Waals surface area contributed by atoms with Gasteiger partial charge >= 0.3 is 0 Å². The van der Waals surface area contributed by atoms with Crippen molar-refractivity contribution < 1.29 is 17.9 Å². The van der Waals surface area contributed by atoms with Crippen molar-refractivity contribution >= 4 is 15.9 Å². The minimum absolute atomic E-state index is 0.0145. The lowest BCUT2D eigenvalue weighted by Crippen LogP contribution is -2.44. The predicted octanol–water partition coefficient (Wildman–Crippen LogP) is 3.67. The molecule has 35 heavy (non-hydrogen) atoms. The van der Waals surface area contributed by atoms with Crippen LogP contribution in [0.1, 0.15) is 48.4 Å². The standard InChI is InChI=1S/C27H37N3O4S/c1-20-9-10-26(21(2)17-20)35(32,33)30-15-11-22(12-16-30)27(31)28-19-25(29-13-4-5-14-29)23-7-6-8-24(18-23)34-3/h6-10,17-18,22,25H,4-5,11-16,19H2,1-3H3,(H,28,31)/t25-/m0/s1. The quantitative estimate of drug-likeness (QED) is 0.600. The van der Waals surface area contributed by atoms with Gasteiger partial charge in [-0.2, -0.15) is 4.31 Å². The van der Waals surface area contributed by atoms with Crippen LogP contribution in [0, 0.1) is 19.8 Å². The van der Waals surface area contributed by atoms with Gasteiger partial charge in [-0.05, 0) is 81.9 Å². The van der Waals surface area contributed by atoms with E-state index in [-0.39, 0.29) is 17.9 Å². The number of amides is 1. The Kier molecular flexibility index (Phi) is 8.14. The molecule has 0 radical (unpaired) electrons. The van der Waals surface area contributed by atoms with Crippen LogP contribution in [0.5, 0.6) is 5.75 Å². The van der Waals surface area contributed by atoms with Crippen molar-refractivity contribution in [1.82, 2.24) is 14.5 Å². The van der Waals surface area contributed by atoms with Crippen LogP contribution in [-0.4, -0.2) is 63.4 Å². The molecule has 1 atom stereocenters. The van der Waals surface area contributed by atoms with E-state index in [1.54, 1.807) is 13.2 Å². The summed E-state index contributed by atoms with van der Waals surface area (Å²) in [5.74, 6) is 0.654. The van der Waals surface area contributed by atoms with Gasteiger partial charge in [-0.15, -0.1) is 0 Å². The zero-order valence-electron chi connectivity index (χ0n) is 21.0. The van der Waals surface area contributed by atoms with E-state index < -0.39 is 10.0 Å². The van der Waals surface area contributed by atoms with Crippen LogP contribution >= 0.6 is 0 Å². The van der Waals surface area contributed by atoms with Crippen molar-refractivity contribution in [3.8, 4) is 5.75 Å². The molecule has 2 fully saturated rings. The zero-order valence-corrected chi connectivity index (χ0v) is 21.8. The van der Waals surface area contributed by atoms with E-state index in [9.17, 15) is 13.2 Å². The minimum Gasteiger partial charge on any atom is -0.497 e. The highest BCUT2D eigenvalue weighted by molar-refractivity contribution is 7.89. The Labute approximate surface area is 209 Å². The van der Waals surface area contributed by atoms with Crippen molar-refractivity contribution in [1.29, 1.82) is 0 Å². The number of rotatable bonds is 8. The van der Waals surface area contributed by atoms with Crippen LogP contribution in [-0.2, 0) is 14.8 Å². The molecule has 0 aliphatic carbocycles. The Morgan fingerprint density at radius 1 is 1.06 bits per heavy atom. The normalized spacial score (nSPS) is 18.9. The molecule has 2 aliphatic rings. The molecule has 0 saturated carbocycles. The van der Waals surface area contributed by atoms with Crippen molar-refractivity contribution in [2.45, 2.75) is 50.5 Å². The number of nitrogens with one attached hydrogen (secondary N) is 1. The third-order valence-electron chi connectivity index (χ3n) is 7.30. The molecular weight excluding hydrogens is 462 g/mol. The van der Waals surface area contributed by atoms with E-state index in [1.165, 1.54) is 17.1 Å². The van der Waals surface area contributed by atoms with Crippen molar-refractivity contribution in [3.05, 3.63) is 59.2 Å². The zero-order chi connectivity index (χ0) is 25.0. The molecule has 8 heteroatoms. The topological polar surface area (TPSA) is 79.0 Å². The number of benzene rings is 2. The summed E-state index contributed by atoms with van der Waals surface area (Å²) >= 11 is 0. The van der Waals surface area contributed by atoms with Crippen LogP contribution in [0.15, 0.2) is 47.4 Å². The Morgan fingerprint density at radius 2 is 1.77 bits per heavy atom. The minimum atomic E-state index is -3.55. The second-order valence-electron chi connectivity index (χ2n) is 9.73. The Hall–Kier alpha value is -2.42. The van der Waals surface area contributed by atoms with E-state index in [0.717, 1.165) is 35.5 Å². The number of hydrogen-bond donors (Lipinski definition) is 1. The molecule has 2 saturated heterocycles. The lowest BCUT2D eigenvalue weighted by Gasteiger charge is -2.32. The third-order valence-corrected chi connectivity index (χ3v) is 9.36. The van der Waals surface area contributed by atoms with E-state index >= 15 is 0 Å². The first-order chi connectivity index (χ1) is 16.8. The monoisotopic (exact) mass is 499 g/mol. The fourth-order valence-corrected chi connectivity index (χ4v) is 6.96. The fourth-order valence-electron chi connectivity index (χ4n) is 5.29. The number of sulfonamides is 1. The molecule has 190 valence electrons. The molecule has 0 unspecified atom stereocenters. The van der Waals surface area contributed by atoms with Gasteiger partial charge in [0, 0.05) is 25.6 Å². The summed E-state index contributed by atoms with van der Waals surface area (Å²) in [7, 11) is -1.89. The SMILES string of the molecule is COc1cccc([C@H](CNC(=O)C2CCN(S(=O)(=O)c3ccc(C)cc3C)CC2)N2CCCC2)c1. The first-order valence-corrected chi connectivity index (χ1v) is 14.0. The average Bonchev–Trinajstić information content (AvgIpc) is 3.38. The van der Waals surface area contributed by atoms with E-state index in [4.69, 9.17) is 4.74 Å². The number of carbonyl (C=O) groups excluding carboxylic acids is 1. The van der Waals surface area contributed by atoms with Gasteiger partial charge in [0.05, 0.1) is 18.0 Å². The second-order valence-corrected chi connectivity index (χ2v) is 11.6. The number of aryl methyl sites for hydroxylation is 2. The Balaban J connectivity index is 1.37. The van der Waals surface area contributed by atoms with Gasteiger partial charge in [-0.25, -0.2) is 8.42 Å². The summed E-state index contributed by atoms with van der Waals surface area (Å²) < 4.78 is 33.3. The summed E-state index contributed by atoms with van der Waals surface area (Å²) in [4.78, 5) is 15.9. The number of carbonyl (C=O) groups is 1. The number of methoxy groups -OCH3 is 1. The molecule has 1 amide bonds. The fraction of sp³-hybridized carbons (Fsp3) is 0.519. The number of piperidine rings is 1. The average molecular weight is 500 g/mol. The molecule has 2 aromatic carbocycles. The van der Waals surface area contributed by atoms with Crippen molar-refractivity contribution in [2.75, 3.05) is 39.8 Å². The highest BCUT2D eigenvalue weighted by atomic mass is 32.2. The van der Waals surface area contributed by atoms with E-state index in [2.05, 4.69) is 16.3 Å². The Bertz CT molecular complexity index is 1140. The van der Waals surface area contributed by atoms with Crippen molar-refractivity contribution in [2.24, 2.45) is 5.92 Å². The maximum Gasteiger partial charge on any atom is 0.243 e. The second kappa shape index (κ2) is 11.1. The summed E-state index contributed by atoms with van der Waals surface area (Å²) in [5, 5.41) is 3.18. The molecule has 7 nitrogen and oxygen atoms in total. The van der Waals surface area contributed by atoms with Gasteiger partial charge in [0.1, 0.15) is 5.75 Å². The molecule has 2 aliphatic heterocycles. The van der Waals surface area contributed by atoms with E-state index in [0.29, 0.717) is 37.4 Å². The molecule has 2 aromatic rings. The van der Waals surface area contributed by atoms with Gasteiger partial charge in [0.2, 0.25) is 15.9 Å². The number of hydrogen-bond acceptors (Lipinski definition) is 5. The van der Waals surface area contributed by atoms with Crippen molar-refractivity contribution in [3.63, 3.8) is 0 Å². The first-order valence-electron chi connectivity index (χ1n) is 12.5. The van der Waals surface area contributed by atoms with E-state index in [1.807, 2.05) is 44.2 Å². The molecule has 0 spiro atoms. The summed E-state index contributed by atoms with van der Waals surface area (Å²) in [5.41, 5.74) is 2.94. The smallest absolute Gasteiger partial charge is 0.243 e. The summed E-state index contributed by atoms with van der Waals surface area (Å²) in [6.07, 6.45) is 3.40. The predicted molar refractivity (Wildman–Crippen MR) is 137 cm³/mol. The van der Waals surface area contributed by atoms with Gasteiger partial charge in [-0.1, -0.05) is 29.8 Å². The molecular formula is C27H37N3O4S. The molecule has 0 bridgehead atoms. The largest absolute Gasteiger partial charge is 0.497 e. The summed E-state index contributed by atoms with van der Waals surface area (Å²) in [6.45, 7) is 7.08. The maximum atomic E-state index is 13.2. The van der Waals surface area contributed by atoms with Gasteiger partial charge in [0.15, 0.2) is 0 Å². The number of likely N-dealkylation sites (tertiary alicyclic amines) is 1. The highest BCUT2D eigenvalue weighted by Gasteiger charge is 2.33. The Morgan fingerprint density at radius 3 is 2.43 bits per heavy atom. The highest BCUT2D eigenvalue weighted by Crippen LogP contribution is 2.29. The third kappa shape index (κ3) is 5.88. The number of nitrogens with zero attached hydrogens (tertiary/aromatic N) is 2. The van der Waals surface area contributed by atoms with Gasteiger partial charge in [0.25, 0.3) is 0 Å². The molecule has 4 rings (SSSR count). The van der Waals surface area contributed by atoms with Crippen LogP contribution in [0.25, 0.3) is 0 Å². The van der Waals surface area contributed by atoms with Crippen LogP contribution in [0.4, 0.5) is 0 Å². The van der Waals surface area contributed by atoms with Crippen LogP contribution in [0.3, 0.4) is 0 Å². The van der Waals surface area contributed by atoms with Crippen LogP contribution < -0.4 is 10.1 Å². The summed E-state index contributed by atoms with van der Waals surface area (Å²) in [6, 6.07) is 13.6.